The number of aryl methyl sites for hydroxylation is 1. The molecular weight excluding hydrogens is 290 g/mol. The van der Waals surface area contributed by atoms with Crippen molar-refractivity contribution in [3.63, 3.8) is 0 Å². The van der Waals surface area contributed by atoms with Gasteiger partial charge in [0, 0.05) is 17.8 Å². The Morgan fingerprint density at radius 2 is 2.10 bits per heavy atom. The maximum atomic E-state index is 13.4. The highest BCUT2D eigenvalue weighted by atomic mass is 35.5. The SMILES string of the molecule is Cc1cc(C(F)(F)Cl)n2nc(C(=O)NC(C)C)cc2n1. The van der Waals surface area contributed by atoms with Crippen molar-refractivity contribution in [2.24, 2.45) is 0 Å². The van der Waals surface area contributed by atoms with E-state index < -0.39 is 17.0 Å². The number of carbonyl (C=O) groups excluding carboxylic acids is 1. The van der Waals surface area contributed by atoms with E-state index in [9.17, 15) is 13.6 Å². The molecule has 0 spiro atoms. The van der Waals surface area contributed by atoms with Crippen LogP contribution in [-0.2, 0) is 5.38 Å². The van der Waals surface area contributed by atoms with Gasteiger partial charge in [0.1, 0.15) is 5.69 Å². The van der Waals surface area contributed by atoms with Gasteiger partial charge >= 0.3 is 5.38 Å². The Morgan fingerprint density at radius 3 is 2.65 bits per heavy atom. The first-order chi connectivity index (χ1) is 9.18. The summed E-state index contributed by atoms with van der Waals surface area (Å²) >= 11 is 5.06. The van der Waals surface area contributed by atoms with Crippen molar-refractivity contribution in [3.8, 4) is 0 Å². The molecule has 1 N–H and O–H groups in total. The van der Waals surface area contributed by atoms with E-state index in [1.54, 1.807) is 20.8 Å². The first-order valence-electron chi connectivity index (χ1n) is 5.94. The zero-order valence-corrected chi connectivity index (χ0v) is 11.9. The van der Waals surface area contributed by atoms with Gasteiger partial charge in [-0.15, -0.1) is 0 Å². The fraction of sp³-hybridized carbons (Fsp3) is 0.417. The molecule has 0 atom stereocenters. The van der Waals surface area contributed by atoms with Gasteiger partial charge in [-0.1, -0.05) is 0 Å². The monoisotopic (exact) mass is 302 g/mol. The van der Waals surface area contributed by atoms with Crippen LogP contribution >= 0.6 is 11.6 Å². The van der Waals surface area contributed by atoms with Crippen molar-refractivity contribution in [2.75, 3.05) is 0 Å². The highest BCUT2D eigenvalue weighted by molar-refractivity contribution is 6.21. The lowest BCUT2D eigenvalue weighted by Gasteiger charge is -2.10. The molecule has 0 aliphatic heterocycles. The molecule has 8 heteroatoms. The lowest BCUT2D eigenvalue weighted by Crippen LogP contribution is -2.30. The van der Waals surface area contributed by atoms with Gasteiger partial charge in [0.15, 0.2) is 11.3 Å². The van der Waals surface area contributed by atoms with E-state index in [2.05, 4.69) is 15.4 Å². The minimum atomic E-state index is -3.59. The van der Waals surface area contributed by atoms with Gasteiger partial charge in [0.25, 0.3) is 5.91 Å². The molecule has 2 aromatic heterocycles. The fourth-order valence-corrected chi connectivity index (χ4v) is 1.88. The number of rotatable bonds is 3. The smallest absolute Gasteiger partial charge is 0.348 e. The van der Waals surface area contributed by atoms with E-state index in [4.69, 9.17) is 11.6 Å². The molecule has 0 aromatic carbocycles. The number of nitrogens with zero attached hydrogens (tertiary/aromatic N) is 3. The maximum absolute atomic E-state index is 13.4. The minimum absolute atomic E-state index is 0.0129. The Balaban J connectivity index is 2.56. The standard InChI is InChI=1S/C12H13ClF2N4O/c1-6(2)16-11(20)8-5-10-17-7(3)4-9(12(13,14)15)19(10)18-8/h4-6H,1-3H3,(H,16,20). The Kier molecular flexibility index (Phi) is 3.64. The van der Waals surface area contributed by atoms with Gasteiger partial charge in [-0.25, -0.2) is 9.50 Å². The van der Waals surface area contributed by atoms with Crippen LogP contribution in [0.3, 0.4) is 0 Å². The van der Waals surface area contributed by atoms with Crippen LogP contribution in [0.2, 0.25) is 0 Å². The molecule has 0 bridgehead atoms. The third-order valence-electron chi connectivity index (χ3n) is 2.50. The predicted octanol–water partition coefficient (Wildman–Crippen LogP) is 2.46. The normalized spacial score (nSPS) is 12.2. The summed E-state index contributed by atoms with van der Waals surface area (Å²) in [5, 5.41) is 2.89. The number of hydrogen-bond donors (Lipinski definition) is 1. The minimum Gasteiger partial charge on any atom is -0.348 e. The van der Waals surface area contributed by atoms with Crippen molar-refractivity contribution in [1.82, 2.24) is 19.9 Å². The second kappa shape index (κ2) is 4.97. The van der Waals surface area contributed by atoms with Crippen LogP contribution < -0.4 is 5.32 Å². The van der Waals surface area contributed by atoms with Gasteiger partial charge in [-0.05, 0) is 38.4 Å². The summed E-state index contributed by atoms with van der Waals surface area (Å²) in [4.78, 5) is 15.9. The number of hydrogen-bond acceptors (Lipinski definition) is 3. The van der Waals surface area contributed by atoms with Crippen LogP contribution in [0.4, 0.5) is 8.78 Å². The quantitative estimate of drug-likeness (QED) is 0.886. The van der Waals surface area contributed by atoms with E-state index in [-0.39, 0.29) is 17.4 Å². The number of alkyl halides is 3. The van der Waals surface area contributed by atoms with E-state index >= 15 is 0 Å². The average Bonchev–Trinajstić information content (AvgIpc) is 2.68. The second-order valence-corrected chi connectivity index (χ2v) is 5.18. The molecule has 2 aromatic rings. The molecule has 108 valence electrons. The summed E-state index contributed by atoms with van der Waals surface area (Å²) < 4.78 is 27.6. The molecule has 5 nitrogen and oxygen atoms in total. The Morgan fingerprint density at radius 1 is 1.45 bits per heavy atom. The molecule has 20 heavy (non-hydrogen) atoms. The van der Waals surface area contributed by atoms with Gasteiger partial charge < -0.3 is 5.32 Å². The summed E-state index contributed by atoms with van der Waals surface area (Å²) in [7, 11) is 0. The van der Waals surface area contributed by atoms with Crippen LogP contribution in [0.1, 0.15) is 35.7 Å². The third-order valence-corrected chi connectivity index (χ3v) is 2.69. The van der Waals surface area contributed by atoms with Crippen molar-refractivity contribution < 1.29 is 13.6 Å². The molecule has 0 radical (unpaired) electrons. The molecule has 0 aliphatic rings. The van der Waals surface area contributed by atoms with Gasteiger partial charge in [-0.3, -0.25) is 4.79 Å². The highest BCUT2D eigenvalue weighted by Gasteiger charge is 2.32. The summed E-state index contributed by atoms with van der Waals surface area (Å²) in [5.41, 5.74) is 0.00186. The van der Waals surface area contributed by atoms with E-state index in [1.165, 1.54) is 6.07 Å². The van der Waals surface area contributed by atoms with Gasteiger partial charge in [0.2, 0.25) is 0 Å². The fourth-order valence-electron chi connectivity index (χ4n) is 1.75. The summed E-state index contributed by atoms with van der Waals surface area (Å²) in [6.45, 7) is 5.13. The Labute approximate surface area is 118 Å². The van der Waals surface area contributed by atoms with Gasteiger partial charge in [0.05, 0.1) is 0 Å². The van der Waals surface area contributed by atoms with Crippen molar-refractivity contribution in [1.29, 1.82) is 0 Å². The number of amides is 1. The van der Waals surface area contributed by atoms with Crippen LogP contribution in [0, 0.1) is 6.92 Å². The molecule has 0 aliphatic carbocycles. The van der Waals surface area contributed by atoms with Gasteiger partial charge in [-0.2, -0.15) is 13.9 Å². The average molecular weight is 303 g/mol. The second-order valence-electron chi connectivity index (χ2n) is 4.71. The molecule has 0 unspecified atom stereocenters. The highest BCUT2D eigenvalue weighted by Crippen LogP contribution is 2.32. The van der Waals surface area contributed by atoms with E-state index in [0.717, 1.165) is 10.6 Å². The molecular formula is C12H13ClF2N4O. The lowest BCUT2D eigenvalue weighted by molar-refractivity contribution is 0.0863. The number of halogens is 3. The van der Waals surface area contributed by atoms with Crippen molar-refractivity contribution in [3.05, 3.63) is 29.2 Å². The first kappa shape index (κ1) is 14.6. The lowest BCUT2D eigenvalue weighted by atomic mass is 10.3. The summed E-state index contributed by atoms with van der Waals surface area (Å²) in [5.74, 6) is -0.452. The zero-order chi connectivity index (χ0) is 15.1. The third kappa shape index (κ3) is 2.87. The van der Waals surface area contributed by atoms with Crippen molar-refractivity contribution >= 4 is 23.2 Å². The molecule has 2 heterocycles. The van der Waals surface area contributed by atoms with Crippen molar-refractivity contribution in [2.45, 2.75) is 32.2 Å². The molecule has 0 saturated carbocycles. The predicted molar refractivity (Wildman–Crippen MR) is 70.1 cm³/mol. The van der Waals surface area contributed by atoms with E-state index in [0.29, 0.717) is 5.69 Å². The van der Waals surface area contributed by atoms with Crippen LogP contribution in [0.5, 0.6) is 0 Å². The molecule has 2 rings (SSSR count). The number of fused-ring (bicyclic) bond motifs is 1. The van der Waals surface area contributed by atoms with Crippen LogP contribution in [-0.4, -0.2) is 26.5 Å². The number of aromatic nitrogens is 3. The summed E-state index contributed by atoms with van der Waals surface area (Å²) in [6, 6.07) is 2.39. The first-order valence-corrected chi connectivity index (χ1v) is 6.32. The topological polar surface area (TPSA) is 59.3 Å². The zero-order valence-electron chi connectivity index (χ0n) is 11.1. The van der Waals surface area contributed by atoms with E-state index in [1.807, 2.05) is 0 Å². The maximum Gasteiger partial charge on any atom is 0.364 e. The molecule has 1 amide bonds. The molecule has 0 saturated heterocycles. The molecule has 0 fully saturated rings. The van der Waals surface area contributed by atoms with Crippen LogP contribution in [0.25, 0.3) is 5.65 Å². The number of nitrogens with one attached hydrogen (secondary N) is 1. The van der Waals surface area contributed by atoms with Crippen LogP contribution in [0.15, 0.2) is 12.1 Å². The summed E-state index contributed by atoms with van der Waals surface area (Å²) in [6.07, 6.45) is 0. The number of carbonyl (C=O) groups is 1. The Bertz CT molecular complexity index is 663. The Hall–Kier alpha value is -1.76. The largest absolute Gasteiger partial charge is 0.364 e.